The molecule has 0 saturated heterocycles. The summed E-state index contributed by atoms with van der Waals surface area (Å²) in [5.41, 5.74) is 10.4. The van der Waals surface area contributed by atoms with Gasteiger partial charge in [0.2, 0.25) is 0 Å². The fourth-order valence-corrected chi connectivity index (χ4v) is 6.58. The normalized spacial score (nSPS) is 13.5. The minimum absolute atomic E-state index is 0.0615. The summed E-state index contributed by atoms with van der Waals surface area (Å²) in [5.74, 6) is 0. The molecule has 0 unspecified atom stereocenters. The molecule has 0 aliphatic carbocycles. The molecule has 3 aromatic heterocycles. The Balaban J connectivity index is 1.62. The fourth-order valence-electron chi connectivity index (χ4n) is 5.80. The summed E-state index contributed by atoms with van der Waals surface area (Å²) in [6.45, 7) is 27.9. The summed E-state index contributed by atoms with van der Waals surface area (Å²) in [5, 5.41) is 13.8. The number of H-pyrrole nitrogens is 2. The first kappa shape index (κ1) is 31.5. The Hall–Kier alpha value is -2.92. The van der Waals surface area contributed by atoms with E-state index in [0.29, 0.717) is 0 Å². The number of nitrogens with zero attached hydrogens (tertiary/aromatic N) is 2. The molecule has 0 radical (unpaired) electrons. The number of rotatable bonds is 10. The quantitative estimate of drug-likeness (QED) is 0.168. The minimum Gasteiger partial charge on any atom is -0.352 e. The van der Waals surface area contributed by atoms with E-state index in [-0.39, 0.29) is 21.7 Å². The Morgan fingerprint density at radius 3 is 1.19 bits per heavy atom. The van der Waals surface area contributed by atoms with Crippen LogP contribution in [0.15, 0.2) is 36.4 Å². The highest BCUT2D eigenvalue weighted by molar-refractivity contribution is 7.17. The van der Waals surface area contributed by atoms with E-state index in [4.69, 9.17) is 10.2 Å². The van der Waals surface area contributed by atoms with E-state index in [9.17, 15) is 0 Å². The molecule has 0 saturated carbocycles. The van der Waals surface area contributed by atoms with Gasteiger partial charge in [-0.3, -0.25) is 0 Å². The Labute approximate surface area is 263 Å². The zero-order valence-corrected chi connectivity index (χ0v) is 29.4. The summed E-state index contributed by atoms with van der Waals surface area (Å²) < 4.78 is 0. The van der Waals surface area contributed by atoms with Gasteiger partial charge in [0.1, 0.15) is 0 Å². The van der Waals surface area contributed by atoms with Crippen molar-refractivity contribution in [3.63, 3.8) is 0 Å². The molecule has 0 aliphatic rings. The van der Waals surface area contributed by atoms with Gasteiger partial charge in [0.05, 0.1) is 11.4 Å². The second-order valence-corrected chi connectivity index (χ2v) is 16.2. The van der Waals surface area contributed by atoms with E-state index in [1.165, 1.54) is 44.1 Å². The van der Waals surface area contributed by atoms with Gasteiger partial charge in [-0.2, -0.15) is 0 Å². The van der Waals surface area contributed by atoms with Crippen LogP contribution < -0.4 is 0 Å². The molecule has 230 valence electrons. The van der Waals surface area contributed by atoms with E-state index in [1.54, 1.807) is 11.3 Å². The highest BCUT2D eigenvalue weighted by atomic mass is 32.1. The van der Waals surface area contributed by atoms with Gasteiger partial charge in [-0.25, -0.2) is 0 Å². The van der Waals surface area contributed by atoms with Gasteiger partial charge in [0.25, 0.3) is 0 Å². The first-order chi connectivity index (χ1) is 20.1. The van der Waals surface area contributed by atoms with Crippen LogP contribution in [0.2, 0.25) is 0 Å². The van der Waals surface area contributed by atoms with Gasteiger partial charge in [-0.15, -0.1) is 10.2 Å². The fraction of sp³-hybridized carbons (Fsp3) is 0.526. The molecule has 2 aromatic carbocycles. The lowest BCUT2D eigenvalue weighted by Crippen LogP contribution is -2.20. The molecule has 43 heavy (non-hydrogen) atoms. The van der Waals surface area contributed by atoms with Crippen LogP contribution in [0.4, 0.5) is 0 Å². The van der Waals surface area contributed by atoms with Crippen LogP contribution in [-0.4, -0.2) is 20.2 Å². The smallest absolute Gasteiger partial charge is 0.164 e. The van der Waals surface area contributed by atoms with Crippen molar-refractivity contribution >= 4 is 33.1 Å². The van der Waals surface area contributed by atoms with Gasteiger partial charge in [0.15, 0.2) is 10.0 Å². The third kappa shape index (κ3) is 5.59. The van der Waals surface area contributed by atoms with Crippen molar-refractivity contribution in [3.8, 4) is 21.4 Å². The summed E-state index contributed by atoms with van der Waals surface area (Å²) in [4.78, 5) is 7.55. The summed E-state index contributed by atoms with van der Waals surface area (Å²) in [6, 6.07) is 14.2. The topological polar surface area (TPSA) is 57.4 Å². The predicted molar refractivity (Wildman–Crippen MR) is 188 cm³/mol. The van der Waals surface area contributed by atoms with E-state index < -0.39 is 0 Å². The SMILES string of the molecule is CCC(C)(C)c1cc(C(C)(C)CC)c2[nH]c(-c3nnc(-c4cc5cc(C(C)(C)CC)cc(C(C)(C)CC)c5[nH]4)s3)cc2c1. The van der Waals surface area contributed by atoms with Crippen LogP contribution in [0.1, 0.15) is 131 Å². The molecular weight excluding hydrogens is 545 g/mol. The largest absolute Gasteiger partial charge is 0.352 e. The maximum atomic E-state index is 4.70. The number of aromatic amines is 2. The molecule has 3 heterocycles. The maximum absolute atomic E-state index is 4.70. The molecule has 0 fully saturated rings. The lowest BCUT2D eigenvalue weighted by atomic mass is 9.76. The number of hydrogen-bond acceptors (Lipinski definition) is 3. The van der Waals surface area contributed by atoms with Crippen molar-refractivity contribution in [3.05, 3.63) is 58.7 Å². The first-order valence-corrected chi connectivity index (χ1v) is 17.1. The molecule has 0 spiro atoms. The Kier molecular flexibility index (Phi) is 7.99. The Bertz CT molecular complexity index is 1640. The van der Waals surface area contributed by atoms with Gasteiger partial charge >= 0.3 is 0 Å². The van der Waals surface area contributed by atoms with E-state index >= 15 is 0 Å². The Morgan fingerprint density at radius 2 is 0.860 bits per heavy atom. The molecule has 0 amide bonds. The monoisotopic (exact) mass is 596 g/mol. The van der Waals surface area contributed by atoms with E-state index in [0.717, 1.165) is 47.1 Å². The lowest BCUT2D eigenvalue weighted by Gasteiger charge is -2.29. The lowest BCUT2D eigenvalue weighted by molar-refractivity contribution is 0.491. The second-order valence-electron chi connectivity index (χ2n) is 15.2. The zero-order valence-electron chi connectivity index (χ0n) is 28.6. The molecular formula is C38H52N4S. The van der Waals surface area contributed by atoms with Crippen molar-refractivity contribution < 1.29 is 0 Å². The average Bonchev–Trinajstić information content (AvgIpc) is 3.73. The summed E-state index contributed by atoms with van der Waals surface area (Å²) in [6.07, 6.45) is 4.34. The standard InChI is InChI=1S/C38H52N4S/c1-13-35(5,6)25-17-23-19-29(39-31(23)27(21-25)37(9,10)15-3)33-41-42-34(43-33)30-20-24-18-26(36(7,8)14-2)22-28(32(24)40-30)38(11,12)16-4/h17-22,39-40H,13-16H2,1-12H3. The molecule has 5 aromatic rings. The van der Waals surface area contributed by atoms with Crippen LogP contribution >= 0.6 is 11.3 Å². The average molecular weight is 597 g/mol. The molecule has 0 atom stereocenters. The van der Waals surface area contributed by atoms with Crippen molar-refractivity contribution in [2.45, 2.75) is 130 Å². The summed E-state index contributed by atoms with van der Waals surface area (Å²) in [7, 11) is 0. The highest BCUT2D eigenvalue weighted by Crippen LogP contribution is 2.42. The first-order valence-electron chi connectivity index (χ1n) is 16.3. The van der Waals surface area contributed by atoms with Crippen molar-refractivity contribution in [1.29, 1.82) is 0 Å². The molecule has 2 N–H and O–H groups in total. The van der Waals surface area contributed by atoms with Crippen LogP contribution in [0.3, 0.4) is 0 Å². The molecule has 5 rings (SSSR count). The summed E-state index contributed by atoms with van der Waals surface area (Å²) >= 11 is 1.65. The molecule has 0 bridgehead atoms. The zero-order chi connectivity index (χ0) is 31.5. The van der Waals surface area contributed by atoms with Gasteiger partial charge < -0.3 is 9.97 Å². The van der Waals surface area contributed by atoms with E-state index in [1.807, 2.05) is 0 Å². The van der Waals surface area contributed by atoms with Crippen LogP contribution in [0, 0.1) is 0 Å². The third-order valence-corrected chi connectivity index (χ3v) is 11.9. The number of nitrogens with one attached hydrogen (secondary N) is 2. The number of aromatic nitrogens is 4. The number of benzene rings is 2. The minimum atomic E-state index is 0.0615. The molecule has 0 aliphatic heterocycles. The van der Waals surface area contributed by atoms with Crippen LogP contribution in [0.5, 0.6) is 0 Å². The molecule has 4 nitrogen and oxygen atoms in total. The van der Waals surface area contributed by atoms with Gasteiger partial charge in [-0.05, 0) is 93.9 Å². The van der Waals surface area contributed by atoms with Crippen molar-refractivity contribution in [2.75, 3.05) is 0 Å². The van der Waals surface area contributed by atoms with Crippen molar-refractivity contribution in [1.82, 2.24) is 20.2 Å². The number of fused-ring (bicyclic) bond motifs is 2. The maximum Gasteiger partial charge on any atom is 0.164 e. The van der Waals surface area contributed by atoms with Gasteiger partial charge in [-0.1, -0.05) is 107 Å². The number of hydrogen-bond donors (Lipinski definition) is 2. The molecule has 5 heteroatoms. The Morgan fingerprint density at radius 1 is 0.512 bits per heavy atom. The van der Waals surface area contributed by atoms with Crippen LogP contribution in [-0.2, 0) is 21.7 Å². The van der Waals surface area contributed by atoms with Gasteiger partial charge in [0, 0.05) is 21.8 Å². The predicted octanol–water partition coefficient (Wildman–Crippen LogP) is 11.6. The van der Waals surface area contributed by atoms with E-state index in [2.05, 4.69) is 129 Å². The van der Waals surface area contributed by atoms with Crippen LogP contribution in [0.25, 0.3) is 43.2 Å². The van der Waals surface area contributed by atoms with Crippen molar-refractivity contribution in [2.24, 2.45) is 0 Å². The third-order valence-electron chi connectivity index (χ3n) is 10.9. The highest BCUT2D eigenvalue weighted by Gasteiger charge is 2.29. The second kappa shape index (κ2) is 10.9.